The van der Waals surface area contributed by atoms with Crippen LogP contribution < -0.4 is 0 Å². The summed E-state index contributed by atoms with van der Waals surface area (Å²) in [5.74, 6) is 0. The molecule has 0 aromatic rings. The van der Waals surface area contributed by atoms with Crippen molar-refractivity contribution < 1.29 is 38.8 Å². The molecular weight excluding hydrogens is 329 g/mol. The molecule has 0 bridgehead atoms. The van der Waals surface area contributed by atoms with Crippen LogP contribution in [0.3, 0.4) is 0 Å². The second-order valence-corrected chi connectivity index (χ2v) is 7.31. The fraction of sp³-hybridized carbons (Fsp3) is 1.00. The number of hydrogen-bond acceptors (Lipinski definition) is 7. The third-order valence-corrected chi connectivity index (χ3v) is 5.58. The lowest BCUT2D eigenvalue weighted by molar-refractivity contribution is -0.844. The second kappa shape index (κ2) is 9.10. The average molecular weight is 363 g/mol. The molecule has 25 heavy (non-hydrogen) atoms. The molecule has 0 radical (unpaired) electrons. The van der Waals surface area contributed by atoms with Gasteiger partial charge < -0.3 is 38.8 Å². The summed E-state index contributed by atoms with van der Waals surface area (Å²) in [4.78, 5) is 0. The van der Waals surface area contributed by atoms with Gasteiger partial charge in [-0.05, 0) is 12.8 Å². The molecule has 0 aromatic heterocycles. The van der Waals surface area contributed by atoms with Crippen LogP contribution >= 0.6 is 0 Å². The molecule has 8 nitrogen and oxygen atoms in total. The first-order chi connectivity index (χ1) is 11.9. The van der Waals surface area contributed by atoms with Crippen LogP contribution in [-0.2, 0) is 14.0 Å². The van der Waals surface area contributed by atoms with Crippen LogP contribution in [0.15, 0.2) is 0 Å². The third kappa shape index (κ3) is 4.19. The van der Waals surface area contributed by atoms with Crippen LogP contribution in [0.5, 0.6) is 0 Å². The SMILES string of the molecule is CCCC[N+]1(CCCC)CCO[B-]12OCC(C(O)C(O)C(O)CO)O2. The van der Waals surface area contributed by atoms with Crippen LogP contribution in [-0.4, -0.2) is 95.6 Å². The van der Waals surface area contributed by atoms with Crippen LogP contribution in [0.1, 0.15) is 39.5 Å². The molecule has 1 spiro atoms. The first-order valence-corrected chi connectivity index (χ1v) is 9.55. The van der Waals surface area contributed by atoms with Gasteiger partial charge in [-0.1, -0.05) is 26.7 Å². The van der Waals surface area contributed by atoms with E-state index in [1.54, 1.807) is 0 Å². The largest absolute Gasteiger partial charge is 0.625 e. The van der Waals surface area contributed by atoms with Crippen molar-refractivity contribution >= 4 is 6.89 Å². The highest BCUT2D eigenvalue weighted by atomic mass is 16.8. The van der Waals surface area contributed by atoms with Crippen molar-refractivity contribution in [3.05, 3.63) is 0 Å². The van der Waals surface area contributed by atoms with Crippen molar-refractivity contribution in [3.8, 4) is 0 Å². The van der Waals surface area contributed by atoms with E-state index in [9.17, 15) is 15.3 Å². The summed E-state index contributed by atoms with van der Waals surface area (Å²) in [7, 11) is 0. The van der Waals surface area contributed by atoms with Crippen molar-refractivity contribution in [2.75, 3.05) is 39.5 Å². The average Bonchev–Trinajstić information content (AvgIpc) is 3.22. The van der Waals surface area contributed by atoms with Crippen molar-refractivity contribution in [1.29, 1.82) is 0 Å². The molecule has 4 N–H and O–H groups in total. The monoisotopic (exact) mass is 363 g/mol. The van der Waals surface area contributed by atoms with Crippen molar-refractivity contribution in [2.45, 2.75) is 63.9 Å². The maximum Gasteiger partial charge on any atom is 0.625 e. The Balaban J connectivity index is 2.13. The zero-order valence-corrected chi connectivity index (χ0v) is 15.4. The minimum atomic E-state index is -2.05. The molecule has 2 heterocycles. The van der Waals surface area contributed by atoms with Gasteiger partial charge in [-0.3, -0.25) is 0 Å². The Hall–Kier alpha value is -0.255. The first kappa shape index (κ1) is 21.0. The molecule has 2 rings (SSSR count). The van der Waals surface area contributed by atoms with Crippen LogP contribution in [0.25, 0.3) is 0 Å². The van der Waals surface area contributed by atoms with Crippen LogP contribution in [0.4, 0.5) is 0 Å². The van der Waals surface area contributed by atoms with Crippen LogP contribution in [0.2, 0.25) is 0 Å². The van der Waals surface area contributed by atoms with E-state index in [1.165, 1.54) is 0 Å². The van der Waals surface area contributed by atoms with E-state index < -0.39 is 37.9 Å². The molecule has 2 aliphatic rings. The predicted octanol–water partition coefficient (Wildman–Crippen LogP) is -0.640. The van der Waals surface area contributed by atoms with Gasteiger partial charge in [-0.15, -0.1) is 0 Å². The lowest BCUT2D eigenvalue weighted by Gasteiger charge is -2.50. The summed E-state index contributed by atoms with van der Waals surface area (Å²) in [6.45, 7) is 4.83. The molecule has 0 aromatic carbocycles. The Labute approximate surface area is 149 Å². The summed E-state index contributed by atoms with van der Waals surface area (Å²) in [6, 6.07) is 0. The normalized spacial score (nSPS) is 32.2. The molecule has 0 amide bonds. The smallest absolute Gasteiger partial charge is 0.483 e. The van der Waals surface area contributed by atoms with Gasteiger partial charge in [0.05, 0.1) is 25.9 Å². The van der Waals surface area contributed by atoms with Crippen molar-refractivity contribution in [2.24, 2.45) is 0 Å². The molecule has 0 aliphatic carbocycles. The highest BCUT2D eigenvalue weighted by Gasteiger charge is 2.62. The fourth-order valence-electron chi connectivity index (χ4n) is 3.92. The Morgan fingerprint density at radius 3 is 2.28 bits per heavy atom. The zero-order valence-electron chi connectivity index (χ0n) is 15.4. The minimum absolute atomic E-state index is 0.0919. The number of aliphatic hydroxyl groups is 4. The Morgan fingerprint density at radius 2 is 1.72 bits per heavy atom. The minimum Gasteiger partial charge on any atom is -0.483 e. The number of nitrogens with zero attached hydrogens (tertiary/aromatic N) is 1. The third-order valence-electron chi connectivity index (χ3n) is 5.58. The Kier molecular flexibility index (Phi) is 7.66. The summed E-state index contributed by atoms with van der Waals surface area (Å²) in [5, 5.41) is 38.8. The van der Waals surface area contributed by atoms with Gasteiger partial charge in [0, 0.05) is 19.7 Å². The number of rotatable bonds is 10. The molecular formula is C16H34BNO7. The summed E-state index contributed by atoms with van der Waals surface area (Å²) >= 11 is 0. The highest BCUT2D eigenvalue weighted by Crippen LogP contribution is 2.37. The Morgan fingerprint density at radius 1 is 1.08 bits per heavy atom. The second-order valence-electron chi connectivity index (χ2n) is 7.31. The Bertz CT molecular complexity index is 408. The number of hydrogen-bond donors (Lipinski definition) is 4. The maximum atomic E-state index is 10.3. The topological polar surface area (TPSA) is 109 Å². The quantitative estimate of drug-likeness (QED) is 0.382. The molecule has 2 aliphatic heterocycles. The van der Waals surface area contributed by atoms with Gasteiger partial charge in [0.15, 0.2) is 0 Å². The molecule has 0 saturated carbocycles. The summed E-state index contributed by atoms with van der Waals surface area (Å²) in [5.41, 5.74) is 0. The molecule has 148 valence electrons. The lowest BCUT2D eigenvalue weighted by Crippen LogP contribution is -2.68. The van der Waals surface area contributed by atoms with Gasteiger partial charge >= 0.3 is 6.89 Å². The summed E-state index contributed by atoms with van der Waals surface area (Å²) in [6.07, 6.45) is -0.894. The van der Waals surface area contributed by atoms with Gasteiger partial charge in [0.2, 0.25) is 0 Å². The number of aliphatic hydroxyl groups excluding tert-OH is 4. The van der Waals surface area contributed by atoms with Gasteiger partial charge in [0.1, 0.15) is 18.3 Å². The molecule has 2 saturated heterocycles. The van der Waals surface area contributed by atoms with Gasteiger partial charge in [-0.25, -0.2) is 0 Å². The molecule has 9 heteroatoms. The molecule has 2 fully saturated rings. The molecule has 5 unspecified atom stereocenters. The number of quaternary nitrogens is 1. The number of unbranched alkanes of at least 4 members (excludes halogenated alkanes) is 2. The first-order valence-electron chi connectivity index (χ1n) is 9.55. The zero-order chi connectivity index (χ0) is 18.5. The highest BCUT2D eigenvalue weighted by molar-refractivity contribution is 6.53. The predicted molar refractivity (Wildman–Crippen MR) is 92.3 cm³/mol. The van der Waals surface area contributed by atoms with Gasteiger partial charge in [0.25, 0.3) is 0 Å². The van der Waals surface area contributed by atoms with E-state index >= 15 is 0 Å². The van der Waals surface area contributed by atoms with Crippen molar-refractivity contribution in [3.63, 3.8) is 0 Å². The van der Waals surface area contributed by atoms with E-state index in [4.69, 9.17) is 19.1 Å². The lowest BCUT2D eigenvalue weighted by atomic mass is 9.87. The van der Waals surface area contributed by atoms with E-state index in [0.29, 0.717) is 11.0 Å². The van der Waals surface area contributed by atoms with Gasteiger partial charge in [-0.2, -0.15) is 0 Å². The standard InChI is InChI=1S/C16H34BNO7/c1-3-5-7-18(8-6-4-2)9-10-23-17(18)24-12-14(25-17)16(22)15(21)13(20)11-19/h13-16,19-22H,3-12H2,1-2H3. The molecule has 5 atom stereocenters. The fourth-order valence-corrected chi connectivity index (χ4v) is 3.92. The van der Waals surface area contributed by atoms with E-state index in [2.05, 4.69) is 13.8 Å². The van der Waals surface area contributed by atoms with Crippen molar-refractivity contribution in [1.82, 2.24) is 0 Å². The van der Waals surface area contributed by atoms with Crippen LogP contribution in [0, 0.1) is 0 Å². The van der Waals surface area contributed by atoms with E-state index in [-0.39, 0.29) is 6.61 Å². The maximum absolute atomic E-state index is 10.3. The summed E-state index contributed by atoms with van der Waals surface area (Å²) < 4.78 is 18.6. The van der Waals surface area contributed by atoms with E-state index in [0.717, 1.165) is 45.3 Å². The van der Waals surface area contributed by atoms with E-state index in [1.807, 2.05) is 0 Å².